The summed E-state index contributed by atoms with van der Waals surface area (Å²) in [6, 6.07) is 10.1. The molecule has 0 aliphatic rings. The molecule has 5 heteroatoms. The van der Waals surface area contributed by atoms with Gasteiger partial charge < -0.3 is 10.6 Å². The van der Waals surface area contributed by atoms with Gasteiger partial charge in [-0.25, -0.2) is 0 Å². The number of carbonyl (C=O) groups is 1. The Morgan fingerprint density at radius 3 is 2.52 bits per heavy atom. The first kappa shape index (κ1) is 15.1. The highest BCUT2D eigenvalue weighted by Crippen LogP contribution is 2.15. The Labute approximate surface area is 125 Å². The fourth-order valence-electron chi connectivity index (χ4n) is 1.97. The van der Waals surface area contributed by atoms with Crippen LogP contribution in [0.25, 0.3) is 0 Å². The van der Waals surface area contributed by atoms with Gasteiger partial charge >= 0.3 is 0 Å². The SMILES string of the molecule is CCC(C)n1ccc(CNc2ccc(NC(C)=O)cc2)n1. The molecule has 2 aromatic rings. The Morgan fingerprint density at radius 2 is 1.90 bits per heavy atom. The number of nitrogens with zero attached hydrogens (tertiary/aromatic N) is 2. The number of rotatable bonds is 6. The second kappa shape index (κ2) is 6.92. The van der Waals surface area contributed by atoms with Crippen molar-refractivity contribution >= 4 is 17.3 Å². The fraction of sp³-hybridized carbons (Fsp3) is 0.375. The van der Waals surface area contributed by atoms with Gasteiger partial charge in [-0.3, -0.25) is 9.48 Å². The molecule has 112 valence electrons. The van der Waals surface area contributed by atoms with Gasteiger partial charge in [-0.1, -0.05) is 6.92 Å². The summed E-state index contributed by atoms with van der Waals surface area (Å²) in [5, 5.41) is 10.6. The van der Waals surface area contributed by atoms with Crippen LogP contribution in [0.3, 0.4) is 0 Å². The van der Waals surface area contributed by atoms with E-state index >= 15 is 0 Å². The third kappa shape index (κ3) is 4.34. The average Bonchev–Trinajstić information content (AvgIpc) is 2.94. The maximum Gasteiger partial charge on any atom is 0.221 e. The summed E-state index contributed by atoms with van der Waals surface area (Å²) in [6.07, 6.45) is 3.09. The molecule has 2 N–H and O–H groups in total. The lowest BCUT2D eigenvalue weighted by atomic mass is 10.2. The molecule has 21 heavy (non-hydrogen) atoms. The van der Waals surface area contributed by atoms with Crippen LogP contribution in [0.1, 0.15) is 38.9 Å². The Bertz CT molecular complexity index is 589. The summed E-state index contributed by atoms with van der Waals surface area (Å²) >= 11 is 0. The summed E-state index contributed by atoms with van der Waals surface area (Å²) in [6.45, 7) is 6.49. The number of nitrogens with one attached hydrogen (secondary N) is 2. The van der Waals surface area contributed by atoms with Crippen molar-refractivity contribution in [3.63, 3.8) is 0 Å². The number of aromatic nitrogens is 2. The lowest BCUT2D eigenvalue weighted by molar-refractivity contribution is -0.114. The van der Waals surface area contributed by atoms with Crippen LogP contribution in [0.5, 0.6) is 0 Å². The summed E-state index contributed by atoms with van der Waals surface area (Å²) in [4.78, 5) is 11.0. The van der Waals surface area contributed by atoms with Crippen LogP contribution in [0.15, 0.2) is 36.5 Å². The fourth-order valence-corrected chi connectivity index (χ4v) is 1.97. The molecule has 1 unspecified atom stereocenters. The maximum atomic E-state index is 11.0. The van der Waals surface area contributed by atoms with E-state index in [1.165, 1.54) is 6.92 Å². The predicted octanol–water partition coefficient (Wildman–Crippen LogP) is 3.42. The van der Waals surface area contributed by atoms with Crippen LogP contribution in [-0.2, 0) is 11.3 Å². The topological polar surface area (TPSA) is 59.0 Å². The lowest BCUT2D eigenvalue weighted by Crippen LogP contribution is -2.07. The van der Waals surface area contributed by atoms with Gasteiger partial charge in [0.25, 0.3) is 0 Å². The predicted molar refractivity (Wildman–Crippen MR) is 85.3 cm³/mol. The van der Waals surface area contributed by atoms with Crippen LogP contribution in [0, 0.1) is 0 Å². The monoisotopic (exact) mass is 286 g/mol. The largest absolute Gasteiger partial charge is 0.379 e. The van der Waals surface area contributed by atoms with E-state index in [0.717, 1.165) is 23.5 Å². The van der Waals surface area contributed by atoms with E-state index in [-0.39, 0.29) is 5.91 Å². The van der Waals surface area contributed by atoms with Crippen molar-refractivity contribution in [3.8, 4) is 0 Å². The molecule has 0 fully saturated rings. The van der Waals surface area contributed by atoms with Crippen molar-refractivity contribution in [2.75, 3.05) is 10.6 Å². The minimum atomic E-state index is -0.0636. The van der Waals surface area contributed by atoms with Crippen LogP contribution in [0.2, 0.25) is 0 Å². The van der Waals surface area contributed by atoms with Crippen LogP contribution < -0.4 is 10.6 Å². The molecule has 0 saturated carbocycles. The van der Waals surface area contributed by atoms with Crippen molar-refractivity contribution in [2.45, 2.75) is 39.8 Å². The number of amides is 1. The Kier molecular flexibility index (Phi) is 4.98. The number of hydrogen-bond acceptors (Lipinski definition) is 3. The third-order valence-corrected chi connectivity index (χ3v) is 3.38. The molecule has 0 aliphatic heterocycles. The molecule has 1 aromatic heterocycles. The van der Waals surface area contributed by atoms with Crippen molar-refractivity contribution in [3.05, 3.63) is 42.2 Å². The van der Waals surface area contributed by atoms with Gasteiger partial charge in [0.1, 0.15) is 0 Å². The van der Waals surface area contributed by atoms with Crippen molar-refractivity contribution in [1.82, 2.24) is 9.78 Å². The Hall–Kier alpha value is -2.30. The molecule has 2 rings (SSSR count). The highest BCUT2D eigenvalue weighted by molar-refractivity contribution is 5.88. The number of benzene rings is 1. The van der Waals surface area contributed by atoms with Crippen molar-refractivity contribution < 1.29 is 4.79 Å². The van der Waals surface area contributed by atoms with Gasteiger partial charge in [0.2, 0.25) is 5.91 Å². The zero-order valence-corrected chi connectivity index (χ0v) is 12.8. The molecule has 1 heterocycles. The van der Waals surface area contributed by atoms with Gasteiger partial charge in [0.15, 0.2) is 0 Å². The van der Waals surface area contributed by atoms with Gasteiger partial charge in [-0.2, -0.15) is 5.10 Å². The Balaban J connectivity index is 1.90. The minimum Gasteiger partial charge on any atom is -0.379 e. The first-order chi connectivity index (χ1) is 10.1. The van der Waals surface area contributed by atoms with Crippen molar-refractivity contribution in [1.29, 1.82) is 0 Å². The molecular weight excluding hydrogens is 264 g/mol. The van der Waals surface area contributed by atoms with E-state index in [0.29, 0.717) is 12.6 Å². The minimum absolute atomic E-state index is 0.0636. The zero-order chi connectivity index (χ0) is 15.2. The molecule has 0 radical (unpaired) electrons. The quantitative estimate of drug-likeness (QED) is 0.855. The maximum absolute atomic E-state index is 11.0. The number of hydrogen-bond donors (Lipinski definition) is 2. The van der Waals surface area contributed by atoms with Gasteiger partial charge in [0, 0.05) is 30.5 Å². The molecular formula is C16H22N4O. The molecule has 1 aromatic carbocycles. The van der Waals surface area contributed by atoms with Crippen molar-refractivity contribution in [2.24, 2.45) is 0 Å². The van der Waals surface area contributed by atoms with Gasteiger partial charge in [-0.05, 0) is 43.7 Å². The first-order valence-electron chi connectivity index (χ1n) is 7.24. The number of anilines is 2. The standard InChI is InChI=1S/C16H22N4O/c1-4-12(2)20-10-9-16(19-20)11-17-14-5-7-15(8-6-14)18-13(3)21/h5-10,12,17H,4,11H2,1-3H3,(H,18,21). The lowest BCUT2D eigenvalue weighted by Gasteiger charge is -2.09. The highest BCUT2D eigenvalue weighted by Gasteiger charge is 2.04. The zero-order valence-electron chi connectivity index (χ0n) is 12.8. The molecule has 0 aliphatic carbocycles. The molecule has 0 bridgehead atoms. The van der Waals surface area contributed by atoms with Gasteiger partial charge in [-0.15, -0.1) is 0 Å². The smallest absolute Gasteiger partial charge is 0.221 e. The first-order valence-corrected chi connectivity index (χ1v) is 7.24. The summed E-state index contributed by atoms with van der Waals surface area (Å²) in [5.74, 6) is -0.0636. The van der Waals surface area contributed by atoms with Crippen LogP contribution in [-0.4, -0.2) is 15.7 Å². The number of carbonyl (C=O) groups excluding carboxylic acids is 1. The van der Waals surface area contributed by atoms with Gasteiger partial charge in [0.05, 0.1) is 12.2 Å². The van der Waals surface area contributed by atoms with E-state index in [1.807, 2.05) is 41.2 Å². The summed E-state index contributed by atoms with van der Waals surface area (Å²) in [7, 11) is 0. The summed E-state index contributed by atoms with van der Waals surface area (Å²) in [5.41, 5.74) is 2.82. The molecule has 0 saturated heterocycles. The molecule has 1 atom stereocenters. The van der Waals surface area contributed by atoms with E-state index in [9.17, 15) is 4.79 Å². The summed E-state index contributed by atoms with van der Waals surface area (Å²) < 4.78 is 2.00. The normalized spacial score (nSPS) is 12.0. The second-order valence-electron chi connectivity index (χ2n) is 5.16. The molecule has 5 nitrogen and oxygen atoms in total. The average molecular weight is 286 g/mol. The van der Waals surface area contributed by atoms with E-state index in [1.54, 1.807) is 0 Å². The second-order valence-corrected chi connectivity index (χ2v) is 5.16. The Morgan fingerprint density at radius 1 is 1.24 bits per heavy atom. The van der Waals surface area contributed by atoms with E-state index in [4.69, 9.17) is 0 Å². The molecule has 1 amide bonds. The molecule has 0 spiro atoms. The van der Waals surface area contributed by atoms with E-state index in [2.05, 4.69) is 29.6 Å². The highest BCUT2D eigenvalue weighted by atomic mass is 16.1. The third-order valence-electron chi connectivity index (χ3n) is 3.38. The van der Waals surface area contributed by atoms with Crippen LogP contribution in [0.4, 0.5) is 11.4 Å². The van der Waals surface area contributed by atoms with Crippen LogP contribution >= 0.6 is 0 Å². The van der Waals surface area contributed by atoms with E-state index < -0.39 is 0 Å².